The largest absolute Gasteiger partial charge is 0.344 e. The highest BCUT2D eigenvalue weighted by Crippen LogP contribution is 2.24. The predicted octanol–water partition coefficient (Wildman–Crippen LogP) is 1.56. The molecular formula is C13H21N3. The van der Waals surface area contributed by atoms with Crippen LogP contribution in [0.15, 0.2) is 4.99 Å². The van der Waals surface area contributed by atoms with E-state index in [1.165, 1.54) is 31.8 Å². The molecule has 2 aliphatic heterocycles. The molecule has 0 N–H and O–H groups in total. The molecule has 88 valence electrons. The van der Waals surface area contributed by atoms with Gasteiger partial charge in [0.2, 0.25) is 0 Å². The van der Waals surface area contributed by atoms with Crippen LogP contribution in [-0.4, -0.2) is 48.5 Å². The average molecular weight is 219 g/mol. The van der Waals surface area contributed by atoms with E-state index in [2.05, 4.69) is 28.7 Å². The van der Waals surface area contributed by atoms with E-state index < -0.39 is 0 Å². The van der Waals surface area contributed by atoms with Gasteiger partial charge in [-0.05, 0) is 26.2 Å². The number of aliphatic imine (C=N–C) groups is 1. The molecule has 0 aromatic carbocycles. The fourth-order valence-electron chi connectivity index (χ4n) is 2.62. The average Bonchev–Trinajstić information content (AvgIpc) is 2.61. The van der Waals surface area contributed by atoms with E-state index in [1.54, 1.807) is 0 Å². The van der Waals surface area contributed by atoms with Crippen LogP contribution in [0.4, 0.5) is 0 Å². The van der Waals surface area contributed by atoms with Crippen molar-refractivity contribution < 1.29 is 0 Å². The van der Waals surface area contributed by atoms with Crippen molar-refractivity contribution in [3.8, 4) is 11.8 Å². The van der Waals surface area contributed by atoms with Gasteiger partial charge in [0, 0.05) is 32.6 Å². The fourth-order valence-corrected chi connectivity index (χ4v) is 2.62. The molecule has 3 heteroatoms. The number of hydrogen-bond acceptors (Lipinski definition) is 1. The van der Waals surface area contributed by atoms with Gasteiger partial charge in [0.05, 0.1) is 6.54 Å². The Morgan fingerprint density at radius 3 is 3.12 bits per heavy atom. The molecule has 16 heavy (non-hydrogen) atoms. The summed E-state index contributed by atoms with van der Waals surface area (Å²) in [5.74, 6) is 7.18. The molecule has 0 radical (unpaired) electrons. The SMILES string of the molecule is CC#CCCN=C1N(C)C[C@H]2CCCCN12. The van der Waals surface area contributed by atoms with Gasteiger partial charge in [-0.2, -0.15) is 0 Å². The van der Waals surface area contributed by atoms with Crippen molar-refractivity contribution in [1.82, 2.24) is 9.80 Å². The van der Waals surface area contributed by atoms with Crippen molar-refractivity contribution in [2.45, 2.75) is 38.6 Å². The Bertz CT molecular complexity index is 324. The standard InChI is InChI=1S/C13H21N3/c1-3-4-6-9-14-13-15(2)11-12-8-5-7-10-16(12)13/h12H,5-11H2,1-2H3/t12-/m1/s1. The molecule has 2 fully saturated rings. The summed E-state index contributed by atoms with van der Waals surface area (Å²) in [7, 11) is 2.16. The van der Waals surface area contributed by atoms with Gasteiger partial charge in [0.15, 0.2) is 5.96 Å². The second-order valence-corrected chi connectivity index (χ2v) is 4.58. The van der Waals surface area contributed by atoms with Crippen molar-refractivity contribution in [3.63, 3.8) is 0 Å². The van der Waals surface area contributed by atoms with Gasteiger partial charge in [-0.1, -0.05) is 0 Å². The van der Waals surface area contributed by atoms with Gasteiger partial charge < -0.3 is 9.80 Å². The maximum absolute atomic E-state index is 4.69. The molecule has 0 aromatic heterocycles. The molecule has 0 spiro atoms. The zero-order chi connectivity index (χ0) is 11.4. The Balaban J connectivity index is 1.98. The van der Waals surface area contributed by atoms with Gasteiger partial charge in [0.25, 0.3) is 0 Å². The van der Waals surface area contributed by atoms with Crippen LogP contribution < -0.4 is 0 Å². The lowest BCUT2D eigenvalue weighted by Crippen LogP contribution is -2.39. The lowest BCUT2D eigenvalue weighted by molar-refractivity contribution is 0.270. The maximum Gasteiger partial charge on any atom is 0.196 e. The minimum absolute atomic E-state index is 0.717. The summed E-state index contributed by atoms with van der Waals surface area (Å²) in [6.07, 6.45) is 4.91. The van der Waals surface area contributed by atoms with E-state index >= 15 is 0 Å². The zero-order valence-electron chi connectivity index (χ0n) is 10.4. The number of fused-ring (bicyclic) bond motifs is 1. The molecule has 2 saturated heterocycles. The van der Waals surface area contributed by atoms with Crippen LogP contribution in [0.1, 0.15) is 32.6 Å². The zero-order valence-corrected chi connectivity index (χ0v) is 10.4. The number of hydrogen-bond donors (Lipinski definition) is 0. The summed E-state index contributed by atoms with van der Waals surface area (Å²) in [6, 6.07) is 0.717. The summed E-state index contributed by atoms with van der Waals surface area (Å²) in [4.78, 5) is 9.48. The third-order valence-electron chi connectivity index (χ3n) is 3.38. The molecule has 0 unspecified atom stereocenters. The molecule has 3 nitrogen and oxygen atoms in total. The summed E-state index contributed by atoms with van der Waals surface area (Å²) >= 11 is 0. The van der Waals surface area contributed by atoms with Gasteiger partial charge in [-0.15, -0.1) is 11.8 Å². The first kappa shape index (κ1) is 11.3. The van der Waals surface area contributed by atoms with E-state index in [0.717, 1.165) is 25.6 Å². The van der Waals surface area contributed by atoms with Crippen LogP contribution in [0.25, 0.3) is 0 Å². The van der Waals surface area contributed by atoms with E-state index in [4.69, 9.17) is 4.99 Å². The molecular weight excluding hydrogens is 198 g/mol. The summed E-state index contributed by atoms with van der Waals surface area (Å²) in [5, 5.41) is 0. The van der Waals surface area contributed by atoms with Gasteiger partial charge in [-0.25, -0.2) is 0 Å². The predicted molar refractivity (Wildman–Crippen MR) is 67.3 cm³/mol. The first-order valence-corrected chi connectivity index (χ1v) is 6.24. The molecule has 1 atom stereocenters. The summed E-state index contributed by atoms with van der Waals surface area (Å²) in [6.45, 7) is 5.06. The molecule has 0 saturated carbocycles. The first-order valence-electron chi connectivity index (χ1n) is 6.24. The third kappa shape index (κ3) is 2.32. The summed E-state index contributed by atoms with van der Waals surface area (Å²) < 4.78 is 0. The second-order valence-electron chi connectivity index (χ2n) is 4.58. The fraction of sp³-hybridized carbons (Fsp3) is 0.769. The topological polar surface area (TPSA) is 18.8 Å². The molecule has 0 aliphatic carbocycles. The highest BCUT2D eigenvalue weighted by molar-refractivity contribution is 5.82. The number of likely N-dealkylation sites (N-methyl/N-ethyl adjacent to an activating group) is 1. The smallest absolute Gasteiger partial charge is 0.196 e. The second kappa shape index (κ2) is 5.25. The van der Waals surface area contributed by atoms with Crippen LogP contribution in [0.3, 0.4) is 0 Å². The highest BCUT2D eigenvalue weighted by atomic mass is 15.4. The van der Waals surface area contributed by atoms with Crippen LogP contribution in [-0.2, 0) is 0 Å². The summed E-state index contributed by atoms with van der Waals surface area (Å²) in [5.41, 5.74) is 0. The monoisotopic (exact) mass is 219 g/mol. The Morgan fingerprint density at radius 2 is 2.31 bits per heavy atom. The number of guanidine groups is 1. The Morgan fingerprint density at radius 1 is 1.44 bits per heavy atom. The number of piperidine rings is 1. The Hall–Kier alpha value is -1.17. The molecule has 2 aliphatic rings. The van der Waals surface area contributed by atoms with Crippen molar-refractivity contribution in [3.05, 3.63) is 0 Å². The van der Waals surface area contributed by atoms with E-state index in [-0.39, 0.29) is 0 Å². The van der Waals surface area contributed by atoms with Gasteiger partial charge in [0.1, 0.15) is 0 Å². The van der Waals surface area contributed by atoms with E-state index in [0.29, 0.717) is 0 Å². The van der Waals surface area contributed by atoms with Crippen LogP contribution >= 0.6 is 0 Å². The Labute approximate surface area is 98.5 Å². The minimum atomic E-state index is 0.717. The maximum atomic E-state index is 4.69. The number of rotatable bonds is 2. The first-order chi connectivity index (χ1) is 7.83. The van der Waals surface area contributed by atoms with E-state index in [9.17, 15) is 0 Å². The Kier molecular flexibility index (Phi) is 3.71. The minimum Gasteiger partial charge on any atom is -0.344 e. The van der Waals surface area contributed by atoms with Gasteiger partial charge in [-0.3, -0.25) is 4.99 Å². The van der Waals surface area contributed by atoms with Crippen molar-refractivity contribution in [2.75, 3.05) is 26.7 Å². The molecule has 2 rings (SSSR count). The van der Waals surface area contributed by atoms with Crippen molar-refractivity contribution >= 4 is 5.96 Å². The quantitative estimate of drug-likeness (QED) is 0.518. The van der Waals surface area contributed by atoms with E-state index in [1.807, 2.05) is 6.92 Å². The van der Waals surface area contributed by atoms with Crippen LogP contribution in [0, 0.1) is 11.8 Å². The third-order valence-corrected chi connectivity index (χ3v) is 3.38. The lowest BCUT2D eigenvalue weighted by Gasteiger charge is -2.29. The highest BCUT2D eigenvalue weighted by Gasteiger charge is 2.34. The van der Waals surface area contributed by atoms with Crippen LogP contribution in [0.5, 0.6) is 0 Å². The normalized spacial score (nSPS) is 26.6. The molecule has 2 heterocycles. The molecule has 0 amide bonds. The van der Waals surface area contributed by atoms with Crippen LogP contribution in [0.2, 0.25) is 0 Å². The molecule has 0 bridgehead atoms. The van der Waals surface area contributed by atoms with Crippen molar-refractivity contribution in [1.29, 1.82) is 0 Å². The molecule has 0 aromatic rings. The van der Waals surface area contributed by atoms with Gasteiger partial charge >= 0.3 is 0 Å². The number of nitrogens with zero attached hydrogens (tertiary/aromatic N) is 3. The lowest BCUT2D eigenvalue weighted by atomic mass is 10.0. The van der Waals surface area contributed by atoms with Crippen molar-refractivity contribution in [2.24, 2.45) is 4.99 Å².